The van der Waals surface area contributed by atoms with Gasteiger partial charge in [-0.1, -0.05) is 206 Å². The van der Waals surface area contributed by atoms with Crippen LogP contribution >= 0.6 is 0 Å². The van der Waals surface area contributed by atoms with Crippen LogP contribution in [0.1, 0.15) is 0 Å². The van der Waals surface area contributed by atoms with E-state index in [4.69, 9.17) is 9.97 Å². The third-order valence-corrected chi connectivity index (χ3v) is 19.5. The SMILES string of the molecule is c1ccc(-n2c3ccccc3c3cc(-c4ccc5c6ccccc6n(-c6cccc(-c7nc(-c8cccc(-n9c%10ccccc%10c%10ccc(-c%11ccc%12c(c%11)c%11ccccc%11n%12-c%11ccccc%11)cc%109)c8)c8c(n7)-c7cccc9cccc-8c79)c6)c5c4)ccc32)cc1. The predicted octanol–water partition coefficient (Wildman–Crippen LogP) is 22.3. The molecule has 0 spiro atoms. The fourth-order valence-corrected chi connectivity index (χ4v) is 15.4. The molecule has 92 heavy (non-hydrogen) atoms. The summed E-state index contributed by atoms with van der Waals surface area (Å²) in [7, 11) is 0. The van der Waals surface area contributed by atoms with E-state index in [2.05, 4.69) is 334 Å². The van der Waals surface area contributed by atoms with Crippen molar-refractivity contribution in [2.75, 3.05) is 0 Å². The van der Waals surface area contributed by atoms with Crippen LogP contribution in [0.15, 0.2) is 315 Å². The molecule has 0 bridgehead atoms. The highest BCUT2D eigenvalue weighted by Gasteiger charge is 2.29. The Balaban J connectivity index is 0.735. The van der Waals surface area contributed by atoms with Crippen LogP contribution in [0.4, 0.5) is 0 Å². The van der Waals surface area contributed by atoms with Gasteiger partial charge < -0.3 is 18.3 Å². The largest absolute Gasteiger partial charge is 0.309 e. The average molecular weight is 1170 g/mol. The second-order valence-electron chi connectivity index (χ2n) is 24.4. The topological polar surface area (TPSA) is 45.5 Å². The molecule has 0 fully saturated rings. The Morgan fingerprint density at radius 1 is 0.207 bits per heavy atom. The van der Waals surface area contributed by atoms with E-state index < -0.39 is 0 Å². The Morgan fingerprint density at radius 2 is 0.576 bits per heavy atom. The van der Waals surface area contributed by atoms with Crippen LogP contribution in [0.3, 0.4) is 0 Å². The molecule has 6 nitrogen and oxygen atoms in total. The Bertz CT molecular complexity index is 6310. The number of fused-ring (bicyclic) bond motifs is 15. The standard InChI is InChI=1S/C86H52N6/c1-3-23-60(24-4-1)89-76-37-13-9-31-66(76)72-49-54(41-45-78(72)89)56-39-43-68-64-29-7-11-35-74(64)91(80(68)51-56)62-27-15-21-58(47-62)84-83-70-33-17-19-53-20-18-34-71(82(53)70)85(83)88-86(87-84)59-22-16-28-63(48-59)92-75-36-12-8-30-65(75)69-44-40-57(52-81(69)92)55-42-46-79-73(50-55)67-32-10-14-38-77(67)90(79)61-25-5-2-6-26-61/h1-52H. The van der Waals surface area contributed by atoms with Gasteiger partial charge in [0, 0.05) is 88.1 Å². The van der Waals surface area contributed by atoms with Gasteiger partial charge in [-0.2, -0.15) is 0 Å². The number of aromatic nitrogens is 6. The van der Waals surface area contributed by atoms with Gasteiger partial charge >= 0.3 is 0 Å². The number of benzene rings is 14. The molecular weight excluding hydrogens is 1120 g/mol. The van der Waals surface area contributed by atoms with Gasteiger partial charge in [0.15, 0.2) is 5.82 Å². The van der Waals surface area contributed by atoms with E-state index in [1.165, 1.54) is 87.1 Å². The van der Waals surface area contributed by atoms with Crippen molar-refractivity contribution < 1.29 is 0 Å². The number of hydrogen-bond acceptors (Lipinski definition) is 2. The summed E-state index contributed by atoms with van der Waals surface area (Å²) in [4.78, 5) is 11.4. The first kappa shape index (κ1) is 50.6. The highest BCUT2D eigenvalue weighted by molar-refractivity contribution is 6.18. The van der Waals surface area contributed by atoms with Crippen molar-refractivity contribution in [3.05, 3.63) is 315 Å². The van der Waals surface area contributed by atoms with Crippen LogP contribution in [0.25, 0.3) is 188 Å². The van der Waals surface area contributed by atoms with Crippen LogP contribution in [0.2, 0.25) is 0 Å². The summed E-state index contributed by atoms with van der Waals surface area (Å²) in [6.07, 6.45) is 0. The van der Waals surface area contributed by atoms with E-state index in [-0.39, 0.29) is 0 Å². The molecule has 6 heteroatoms. The molecule has 0 atom stereocenters. The number of rotatable bonds is 8. The first-order valence-corrected chi connectivity index (χ1v) is 31.5. The van der Waals surface area contributed by atoms with E-state index in [1.54, 1.807) is 0 Å². The van der Waals surface area contributed by atoms with Crippen LogP contribution in [-0.4, -0.2) is 28.2 Å². The van der Waals surface area contributed by atoms with Crippen molar-refractivity contribution in [1.82, 2.24) is 28.2 Å². The molecule has 19 aromatic rings. The summed E-state index contributed by atoms with van der Waals surface area (Å²) in [5, 5.41) is 12.1. The summed E-state index contributed by atoms with van der Waals surface area (Å²) in [5.41, 5.74) is 25.5. The van der Waals surface area contributed by atoms with E-state index in [0.29, 0.717) is 5.82 Å². The summed E-state index contributed by atoms with van der Waals surface area (Å²) in [6.45, 7) is 0. The molecule has 0 saturated carbocycles. The lowest BCUT2D eigenvalue weighted by Crippen LogP contribution is -2.00. The van der Waals surface area contributed by atoms with E-state index in [0.717, 1.165) is 95.1 Å². The molecule has 14 aromatic carbocycles. The third-order valence-electron chi connectivity index (χ3n) is 19.5. The Morgan fingerprint density at radius 3 is 1.10 bits per heavy atom. The molecule has 20 rings (SSSR count). The molecule has 5 aromatic heterocycles. The van der Waals surface area contributed by atoms with Crippen molar-refractivity contribution in [2.24, 2.45) is 0 Å². The Kier molecular flexibility index (Phi) is 10.8. The smallest absolute Gasteiger partial charge is 0.160 e. The van der Waals surface area contributed by atoms with Crippen molar-refractivity contribution in [3.63, 3.8) is 0 Å². The van der Waals surface area contributed by atoms with E-state index in [1.807, 2.05) is 0 Å². The maximum atomic E-state index is 5.76. The van der Waals surface area contributed by atoms with Gasteiger partial charge in [-0.25, -0.2) is 9.97 Å². The zero-order chi connectivity index (χ0) is 60.1. The second-order valence-corrected chi connectivity index (χ2v) is 24.4. The molecule has 1 aliphatic rings. The third kappa shape index (κ3) is 7.43. The molecule has 426 valence electrons. The minimum Gasteiger partial charge on any atom is -0.309 e. The second kappa shape index (κ2) is 19.6. The average Bonchev–Trinajstić information content (AvgIpc) is 1.61. The Labute approximate surface area is 528 Å². The maximum absolute atomic E-state index is 5.76. The van der Waals surface area contributed by atoms with Gasteiger partial charge in [-0.3, -0.25) is 0 Å². The van der Waals surface area contributed by atoms with Gasteiger partial charge in [-0.05, 0) is 148 Å². The van der Waals surface area contributed by atoms with Crippen molar-refractivity contribution in [2.45, 2.75) is 0 Å². The quantitative estimate of drug-likeness (QED) is 0.152. The van der Waals surface area contributed by atoms with Crippen LogP contribution in [0, 0.1) is 0 Å². The van der Waals surface area contributed by atoms with Gasteiger partial charge in [0.25, 0.3) is 0 Å². The van der Waals surface area contributed by atoms with Crippen LogP contribution < -0.4 is 0 Å². The van der Waals surface area contributed by atoms with Crippen LogP contribution in [0.5, 0.6) is 0 Å². The van der Waals surface area contributed by atoms with Gasteiger partial charge in [0.2, 0.25) is 0 Å². The molecule has 0 amide bonds. The first-order valence-electron chi connectivity index (χ1n) is 31.5. The highest BCUT2D eigenvalue weighted by Crippen LogP contribution is 2.51. The lowest BCUT2D eigenvalue weighted by molar-refractivity contribution is 1.16. The van der Waals surface area contributed by atoms with Gasteiger partial charge in [0.1, 0.15) is 0 Å². The Hall–Kier alpha value is -12.4. The molecule has 0 unspecified atom stereocenters. The highest BCUT2D eigenvalue weighted by atomic mass is 15.0. The van der Waals surface area contributed by atoms with Crippen LogP contribution in [-0.2, 0) is 0 Å². The van der Waals surface area contributed by atoms with Gasteiger partial charge in [-0.15, -0.1) is 0 Å². The monoisotopic (exact) mass is 1170 g/mol. The zero-order valence-corrected chi connectivity index (χ0v) is 49.7. The van der Waals surface area contributed by atoms with E-state index in [9.17, 15) is 0 Å². The molecule has 0 aliphatic heterocycles. The lowest BCUT2D eigenvalue weighted by Gasteiger charge is -2.15. The summed E-state index contributed by atoms with van der Waals surface area (Å²) in [6, 6.07) is 115. The molecule has 5 heterocycles. The van der Waals surface area contributed by atoms with Crippen molar-refractivity contribution in [3.8, 4) is 90.0 Å². The molecule has 0 N–H and O–H groups in total. The fourth-order valence-electron chi connectivity index (χ4n) is 15.4. The zero-order valence-electron chi connectivity index (χ0n) is 49.7. The van der Waals surface area contributed by atoms with Crippen molar-refractivity contribution in [1.29, 1.82) is 0 Å². The number of nitrogens with zero attached hydrogens (tertiary/aromatic N) is 6. The summed E-state index contributed by atoms with van der Waals surface area (Å²) >= 11 is 0. The first-order chi connectivity index (χ1) is 45.6. The molecule has 1 aliphatic carbocycles. The van der Waals surface area contributed by atoms with Gasteiger partial charge in [0.05, 0.1) is 55.5 Å². The summed E-state index contributed by atoms with van der Waals surface area (Å²) < 4.78 is 9.62. The minimum absolute atomic E-state index is 0.672. The molecule has 0 saturated heterocycles. The predicted molar refractivity (Wildman–Crippen MR) is 383 cm³/mol. The molecular formula is C86H52N6. The number of para-hydroxylation sites is 6. The maximum Gasteiger partial charge on any atom is 0.160 e. The number of hydrogen-bond donors (Lipinski definition) is 0. The summed E-state index contributed by atoms with van der Waals surface area (Å²) in [5.74, 6) is 0.672. The van der Waals surface area contributed by atoms with E-state index >= 15 is 0 Å². The lowest BCUT2D eigenvalue weighted by atomic mass is 9.99. The fraction of sp³-hybridized carbons (Fsp3) is 0. The minimum atomic E-state index is 0.672. The normalized spacial score (nSPS) is 12.1. The van der Waals surface area contributed by atoms with Crippen molar-refractivity contribution >= 4 is 98.0 Å². The molecule has 0 radical (unpaired) electrons.